The van der Waals surface area contributed by atoms with Crippen LogP contribution in [0.3, 0.4) is 0 Å². The quantitative estimate of drug-likeness (QED) is 0.558. The van der Waals surface area contributed by atoms with Gasteiger partial charge < -0.3 is 10.2 Å². The van der Waals surface area contributed by atoms with Crippen molar-refractivity contribution < 1.29 is 9.59 Å². The van der Waals surface area contributed by atoms with Gasteiger partial charge in [-0.25, -0.2) is 0 Å². The molecule has 2 amide bonds. The molecule has 2 unspecified atom stereocenters. The van der Waals surface area contributed by atoms with Crippen LogP contribution in [0, 0.1) is 0 Å². The van der Waals surface area contributed by atoms with Crippen molar-refractivity contribution in [1.82, 2.24) is 15.1 Å². The normalized spacial score (nSPS) is 25.7. The molecule has 0 aromatic carbocycles. The molecule has 114 valence electrons. The summed E-state index contributed by atoms with van der Waals surface area (Å²) >= 11 is 0. The summed E-state index contributed by atoms with van der Waals surface area (Å²) < 4.78 is 0. The third kappa shape index (κ3) is 3.58. The van der Waals surface area contributed by atoms with Crippen molar-refractivity contribution in [2.24, 2.45) is 0 Å². The Hall–Kier alpha value is -0.940. The molecule has 2 fully saturated rings. The number of hydrogen-bond donors (Lipinski definition) is 1. The summed E-state index contributed by atoms with van der Waals surface area (Å²) in [5.74, 6) is -0.0630. The van der Waals surface area contributed by atoms with E-state index in [0.717, 1.165) is 25.9 Å². The molecular weight excluding hydrogens is 254 g/mol. The Bertz CT molecular complexity index is 353. The van der Waals surface area contributed by atoms with Gasteiger partial charge in [0.25, 0.3) is 0 Å². The van der Waals surface area contributed by atoms with Crippen molar-refractivity contribution in [3.8, 4) is 0 Å². The van der Waals surface area contributed by atoms with Crippen LogP contribution in [-0.2, 0) is 9.59 Å². The smallest absolute Gasteiger partial charge is 0.247 e. The molecule has 2 rings (SSSR count). The predicted molar refractivity (Wildman–Crippen MR) is 78.3 cm³/mol. The fourth-order valence-corrected chi connectivity index (χ4v) is 3.04. The molecule has 5 heteroatoms. The van der Waals surface area contributed by atoms with Crippen LogP contribution in [0.15, 0.2) is 0 Å². The second kappa shape index (κ2) is 7.18. The number of nitrogens with one attached hydrogen (secondary N) is 1. The van der Waals surface area contributed by atoms with Gasteiger partial charge >= 0.3 is 0 Å². The highest BCUT2D eigenvalue weighted by molar-refractivity contribution is 6.05. The molecule has 0 aromatic rings. The summed E-state index contributed by atoms with van der Waals surface area (Å²) in [5.41, 5.74) is 0. The lowest BCUT2D eigenvalue weighted by atomic mass is 10.2. The molecule has 1 N–H and O–H groups in total. The lowest BCUT2D eigenvalue weighted by molar-refractivity contribution is -0.141. The fourth-order valence-electron chi connectivity index (χ4n) is 3.04. The number of nitrogens with zero attached hydrogens (tertiary/aromatic N) is 2. The largest absolute Gasteiger partial charge is 0.305 e. The zero-order valence-electron chi connectivity index (χ0n) is 12.7. The molecule has 2 aliphatic heterocycles. The first-order valence-electron chi connectivity index (χ1n) is 7.95. The van der Waals surface area contributed by atoms with Gasteiger partial charge in [0, 0.05) is 6.04 Å². The summed E-state index contributed by atoms with van der Waals surface area (Å²) in [5, 5.41) is 3.26. The molecule has 2 aliphatic rings. The summed E-state index contributed by atoms with van der Waals surface area (Å²) in [6.45, 7) is 8.27. The first-order chi connectivity index (χ1) is 9.63. The number of hydrogen-bond acceptors (Lipinski definition) is 4. The number of likely N-dealkylation sites (tertiary alicyclic amines) is 2. The van der Waals surface area contributed by atoms with Gasteiger partial charge in [0.1, 0.15) is 0 Å². The number of carbonyl (C=O) groups is 2. The van der Waals surface area contributed by atoms with Crippen LogP contribution in [-0.4, -0.2) is 59.9 Å². The van der Waals surface area contributed by atoms with E-state index in [1.165, 1.54) is 30.8 Å². The van der Waals surface area contributed by atoms with Crippen LogP contribution < -0.4 is 5.32 Å². The van der Waals surface area contributed by atoms with E-state index < -0.39 is 0 Å². The van der Waals surface area contributed by atoms with Crippen molar-refractivity contribution in [3.05, 3.63) is 0 Å². The zero-order valence-corrected chi connectivity index (χ0v) is 12.7. The summed E-state index contributed by atoms with van der Waals surface area (Å²) in [4.78, 5) is 28.0. The van der Waals surface area contributed by atoms with Gasteiger partial charge in [-0.2, -0.15) is 0 Å². The van der Waals surface area contributed by atoms with Gasteiger partial charge in [-0.15, -0.1) is 0 Å². The summed E-state index contributed by atoms with van der Waals surface area (Å²) in [6, 6.07) is -0.276. The minimum Gasteiger partial charge on any atom is -0.305 e. The van der Waals surface area contributed by atoms with Gasteiger partial charge in [-0.3, -0.25) is 14.5 Å². The molecule has 0 bridgehead atoms. The second-order valence-corrected chi connectivity index (χ2v) is 5.97. The van der Waals surface area contributed by atoms with E-state index >= 15 is 0 Å². The first-order valence-corrected chi connectivity index (χ1v) is 7.95. The van der Waals surface area contributed by atoms with E-state index in [9.17, 15) is 9.59 Å². The van der Waals surface area contributed by atoms with E-state index in [-0.39, 0.29) is 23.9 Å². The van der Waals surface area contributed by atoms with E-state index in [1.807, 2.05) is 13.8 Å². The summed E-state index contributed by atoms with van der Waals surface area (Å²) in [6.07, 6.45) is 4.81. The van der Waals surface area contributed by atoms with Gasteiger partial charge in [0.2, 0.25) is 11.8 Å². The van der Waals surface area contributed by atoms with Gasteiger partial charge in [0.15, 0.2) is 0 Å². The van der Waals surface area contributed by atoms with E-state index in [1.54, 1.807) is 0 Å². The molecule has 2 atom stereocenters. The Kier molecular flexibility index (Phi) is 5.54. The van der Waals surface area contributed by atoms with Crippen LogP contribution in [0.2, 0.25) is 0 Å². The summed E-state index contributed by atoms with van der Waals surface area (Å²) in [7, 11) is 0. The third-order valence-electron chi connectivity index (χ3n) is 4.46. The van der Waals surface area contributed by atoms with Crippen LogP contribution >= 0.6 is 0 Å². The minimum atomic E-state index is -0.296. The third-order valence-corrected chi connectivity index (χ3v) is 4.46. The SMILES string of the molecule is CCC(C)N1C(=O)CC(NCCCN2CCCC2)C1=O. The molecule has 0 radical (unpaired) electrons. The van der Waals surface area contributed by atoms with E-state index in [2.05, 4.69) is 10.2 Å². The van der Waals surface area contributed by atoms with Gasteiger partial charge in [0.05, 0.1) is 12.5 Å². The Morgan fingerprint density at radius 1 is 1.30 bits per heavy atom. The van der Waals surface area contributed by atoms with Crippen molar-refractivity contribution in [2.75, 3.05) is 26.2 Å². The number of imide groups is 1. The molecule has 0 aromatic heterocycles. The van der Waals surface area contributed by atoms with Gasteiger partial charge in [-0.05, 0) is 58.8 Å². The second-order valence-electron chi connectivity index (χ2n) is 5.97. The number of rotatable bonds is 7. The van der Waals surface area contributed by atoms with Crippen molar-refractivity contribution >= 4 is 11.8 Å². The highest BCUT2D eigenvalue weighted by Crippen LogP contribution is 2.18. The monoisotopic (exact) mass is 281 g/mol. The Morgan fingerprint density at radius 2 is 2.00 bits per heavy atom. The van der Waals surface area contributed by atoms with Gasteiger partial charge in [-0.1, -0.05) is 6.92 Å². The van der Waals surface area contributed by atoms with Crippen LogP contribution in [0.4, 0.5) is 0 Å². The lowest BCUT2D eigenvalue weighted by Gasteiger charge is -2.21. The highest BCUT2D eigenvalue weighted by Gasteiger charge is 2.40. The van der Waals surface area contributed by atoms with Crippen LogP contribution in [0.5, 0.6) is 0 Å². The molecule has 5 nitrogen and oxygen atoms in total. The molecule has 0 spiro atoms. The standard InChI is InChI=1S/C15H27N3O2/c1-3-12(2)18-14(19)11-13(15(18)20)16-7-6-10-17-8-4-5-9-17/h12-13,16H,3-11H2,1-2H3. The number of carbonyl (C=O) groups excluding carboxylic acids is 2. The average Bonchev–Trinajstić information content (AvgIpc) is 3.03. The van der Waals surface area contributed by atoms with Crippen molar-refractivity contribution in [3.63, 3.8) is 0 Å². The fraction of sp³-hybridized carbons (Fsp3) is 0.867. The van der Waals surface area contributed by atoms with Crippen molar-refractivity contribution in [2.45, 2.75) is 58.0 Å². The Balaban J connectivity index is 1.70. The highest BCUT2D eigenvalue weighted by atomic mass is 16.2. The average molecular weight is 281 g/mol. The Labute approximate surface area is 121 Å². The maximum Gasteiger partial charge on any atom is 0.247 e. The Morgan fingerprint density at radius 3 is 2.65 bits per heavy atom. The minimum absolute atomic E-state index is 0.0198. The van der Waals surface area contributed by atoms with E-state index in [4.69, 9.17) is 0 Å². The maximum atomic E-state index is 12.2. The predicted octanol–water partition coefficient (Wildman–Crippen LogP) is 0.988. The molecule has 20 heavy (non-hydrogen) atoms. The number of amides is 2. The van der Waals surface area contributed by atoms with E-state index in [0.29, 0.717) is 6.42 Å². The first kappa shape index (κ1) is 15.4. The molecule has 2 saturated heterocycles. The van der Waals surface area contributed by atoms with Crippen molar-refractivity contribution in [1.29, 1.82) is 0 Å². The topological polar surface area (TPSA) is 52.7 Å². The maximum absolute atomic E-state index is 12.2. The lowest BCUT2D eigenvalue weighted by Crippen LogP contribution is -2.43. The van der Waals surface area contributed by atoms with Crippen LogP contribution in [0.25, 0.3) is 0 Å². The molecule has 0 saturated carbocycles. The zero-order chi connectivity index (χ0) is 14.5. The molecule has 0 aliphatic carbocycles. The molecular formula is C15H27N3O2. The van der Waals surface area contributed by atoms with Crippen LogP contribution in [0.1, 0.15) is 46.0 Å². The molecule has 2 heterocycles.